The summed E-state index contributed by atoms with van der Waals surface area (Å²) in [6, 6.07) is -1.30. The lowest BCUT2D eigenvalue weighted by Gasteiger charge is -2.30. The number of amides is 2. The molecule has 0 aromatic carbocycles. The Morgan fingerprint density at radius 3 is 2.55 bits per heavy atom. The number of aliphatic carboxylic acids is 1. The number of carbonyl (C=O) groups is 2. The number of piperidine rings is 1. The van der Waals surface area contributed by atoms with E-state index in [9.17, 15) is 14.7 Å². The van der Waals surface area contributed by atoms with Crippen LogP contribution in [0.3, 0.4) is 0 Å². The molecule has 114 valence electrons. The fourth-order valence-electron chi connectivity index (χ4n) is 2.87. The van der Waals surface area contributed by atoms with E-state index in [2.05, 4.69) is 17.3 Å². The van der Waals surface area contributed by atoms with Crippen LogP contribution >= 0.6 is 0 Å². The number of β-amino-alcohol motifs (C(OH)–C–C–N with tert-alkyl or cyclic N) is 1. The molecule has 2 saturated heterocycles. The Labute approximate surface area is 118 Å². The molecule has 7 heteroatoms. The van der Waals surface area contributed by atoms with Gasteiger partial charge >= 0.3 is 12.0 Å². The van der Waals surface area contributed by atoms with Crippen molar-refractivity contribution < 1.29 is 19.8 Å². The zero-order valence-electron chi connectivity index (χ0n) is 11.8. The summed E-state index contributed by atoms with van der Waals surface area (Å²) in [4.78, 5) is 26.6. The molecule has 0 aromatic heterocycles. The number of carboxylic acid groups (broad SMARTS) is 1. The molecule has 2 atom stereocenters. The van der Waals surface area contributed by atoms with Crippen LogP contribution in [0.15, 0.2) is 0 Å². The number of urea groups is 1. The van der Waals surface area contributed by atoms with Crippen molar-refractivity contribution >= 4 is 12.0 Å². The van der Waals surface area contributed by atoms with Crippen molar-refractivity contribution in [1.82, 2.24) is 15.1 Å². The first-order chi connectivity index (χ1) is 9.47. The van der Waals surface area contributed by atoms with Crippen molar-refractivity contribution in [2.24, 2.45) is 5.92 Å². The Morgan fingerprint density at radius 1 is 1.30 bits per heavy atom. The standard InChI is InChI=1S/C13H23N3O4/c1-15-4-2-9(3-5-15)7-14-13(20)16-8-10(17)6-11(16)12(18)19/h9-11,17H,2-8H2,1H3,(H,14,20)(H,18,19)/t10?,11-/m0/s1. The highest BCUT2D eigenvalue weighted by molar-refractivity contribution is 5.83. The number of likely N-dealkylation sites (tertiary alicyclic amines) is 2. The minimum absolute atomic E-state index is 0.0935. The van der Waals surface area contributed by atoms with Gasteiger partial charge in [0.25, 0.3) is 0 Å². The van der Waals surface area contributed by atoms with E-state index in [1.807, 2.05) is 0 Å². The number of rotatable bonds is 3. The van der Waals surface area contributed by atoms with Crippen molar-refractivity contribution in [3.63, 3.8) is 0 Å². The molecule has 0 bridgehead atoms. The van der Waals surface area contributed by atoms with Crippen molar-refractivity contribution in [2.75, 3.05) is 33.2 Å². The van der Waals surface area contributed by atoms with Crippen LogP contribution in [0.2, 0.25) is 0 Å². The number of nitrogens with one attached hydrogen (secondary N) is 1. The smallest absolute Gasteiger partial charge is 0.326 e. The highest BCUT2D eigenvalue weighted by atomic mass is 16.4. The van der Waals surface area contributed by atoms with Crippen LogP contribution < -0.4 is 5.32 Å². The predicted molar refractivity (Wildman–Crippen MR) is 72.4 cm³/mol. The molecule has 0 aliphatic carbocycles. The van der Waals surface area contributed by atoms with Crippen molar-refractivity contribution in [3.05, 3.63) is 0 Å². The molecule has 0 radical (unpaired) electrons. The van der Waals surface area contributed by atoms with Crippen molar-refractivity contribution in [3.8, 4) is 0 Å². The normalized spacial score (nSPS) is 28.6. The first kappa shape index (κ1) is 15.1. The highest BCUT2D eigenvalue weighted by Crippen LogP contribution is 2.19. The lowest BCUT2D eigenvalue weighted by atomic mass is 9.97. The van der Waals surface area contributed by atoms with Gasteiger partial charge in [0.2, 0.25) is 0 Å². The molecule has 2 rings (SSSR count). The highest BCUT2D eigenvalue weighted by Gasteiger charge is 2.39. The van der Waals surface area contributed by atoms with Crippen LogP contribution in [-0.2, 0) is 4.79 Å². The monoisotopic (exact) mass is 285 g/mol. The van der Waals surface area contributed by atoms with E-state index in [1.165, 1.54) is 4.90 Å². The molecule has 20 heavy (non-hydrogen) atoms. The maximum atomic E-state index is 12.0. The van der Waals surface area contributed by atoms with E-state index in [0.29, 0.717) is 12.5 Å². The Morgan fingerprint density at radius 2 is 1.95 bits per heavy atom. The van der Waals surface area contributed by atoms with Crippen LogP contribution in [0.1, 0.15) is 19.3 Å². The fourth-order valence-corrected chi connectivity index (χ4v) is 2.87. The number of carbonyl (C=O) groups excluding carboxylic acids is 1. The van der Waals surface area contributed by atoms with Gasteiger partial charge in [-0.2, -0.15) is 0 Å². The molecule has 2 heterocycles. The molecule has 7 nitrogen and oxygen atoms in total. The van der Waals surface area contributed by atoms with E-state index in [0.717, 1.165) is 25.9 Å². The summed E-state index contributed by atoms with van der Waals surface area (Å²) in [5, 5.41) is 21.4. The Balaban J connectivity index is 1.80. The van der Waals surface area contributed by atoms with Gasteiger partial charge in [-0.15, -0.1) is 0 Å². The SMILES string of the molecule is CN1CCC(CNC(=O)N2CC(O)C[C@H]2C(=O)O)CC1. The fraction of sp³-hybridized carbons (Fsp3) is 0.846. The molecule has 1 unspecified atom stereocenters. The second kappa shape index (κ2) is 6.41. The van der Waals surface area contributed by atoms with E-state index >= 15 is 0 Å². The molecular formula is C13H23N3O4. The molecule has 2 aliphatic heterocycles. The van der Waals surface area contributed by atoms with Crippen molar-refractivity contribution in [2.45, 2.75) is 31.4 Å². The van der Waals surface area contributed by atoms with Crippen molar-refractivity contribution in [1.29, 1.82) is 0 Å². The molecule has 2 amide bonds. The predicted octanol–water partition coefficient (Wildman–Crippen LogP) is -0.442. The second-order valence-corrected chi connectivity index (χ2v) is 5.83. The summed E-state index contributed by atoms with van der Waals surface area (Å²) in [5.41, 5.74) is 0. The van der Waals surface area contributed by atoms with Gasteiger partial charge in [-0.1, -0.05) is 0 Å². The molecule has 0 saturated carbocycles. The van der Waals surface area contributed by atoms with Gasteiger partial charge < -0.3 is 25.3 Å². The number of carboxylic acids is 1. The average molecular weight is 285 g/mol. The van der Waals surface area contributed by atoms with Gasteiger partial charge in [0, 0.05) is 19.5 Å². The van der Waals surface area contributed by atoms with Gasteiger partial charge in [0.05, 0.1) is 6.10 Å². The van der Waals surface area contributed by atoms with Gasteiger partial charge in [-0.25, -0.2) is 9.59 Å². The molecule has 2 fully saturated rings. The number of aliphatic hydroxyl groups excluding tert-OH is 1. The quantitative estimate of drug-likeness (QED) is 0.653. The van der Waals surface area contributed by atoms with Gasteiger partial charge in [0.1, 0.15) is 6.04 Å². The summed E-state index contributed by atoms with van der Waals surface area (Å²) in [6.45, 7) is 2.73. The third-order valence-corrected chi connectivity index (χ3v) is 4.21. The Kier molecular flexibility index (Phi) is 4.82. The summed E-state index contributed by atoms with van der Waals surface area (Å²) >= 11 is 0. The maximum absolute atomic E-state index is 12.0. The summed E-state index contributed by atoms with van der Waals surface area (Å²) in [5.74, 6) is -0.609. The summed E-state index contributed by atoms with van der Waals surface area (Å²) in [7, 11) is 2.08. The zero-order valence-corrected chi connectivity index (χ0v) is 11.8. The van der Waals surface area contributed by atoms with Crippen LogP contribution in [0.4, 0.5) is 4.79 Å². The zero-order chi connectivity index (χ0) is 14.7. The van der Waals surface area contributed by atoms with Crippen LogP contribution in [0.25, 0.3) is 0 Å². The van der Waals surface area contributed by atoms with E-state index < -0.39 is 18.1 Å². The van der Waals surface area contributed by atoms with Crippen LogP contribution in [0, 0.1) is 5.92 Å². The number of hydrogen-bond donors (Lipinski definition) is 3. The number of aliphatic hydroxyl groups is 1. The Hall–Kier alpha value is -1.34. The first-order valence-corrected chi connectivity index (χ1v) is 7.11. The third-order valence-electron chi connectivity index (χ3n) is 4.21. The lowest BCUT2D eigenvalue weighted by molar-refractivity contribution is -0.141. The number of hydrogen-bond acceptors (Lipinski definition) is 4. The topological polar surface area (TPSA) is 93.1 Å². The first-order valence-electron chi connectivity index (χ1n) is 7.11. The largest absolute Gasteiger partial charge is 0.480 e. The van der Waals surface area contributed by atoms with Crippen LogP contribution in [0.5, 0.6) is 0 Å². The molecule has 0 spiro atoms. The van der Waals surface area contributed by atoms with E-state index in [-0.39, 0.29) is 19.0 Å². The molecule has 2 aliphatic rings. The van der Waals surface area contributed by atoms with E-state index in [4.69, 9.17) is 5.11 Å². The average Bonchev–Trinajstić information content (AvgIpc) is 2.80. The molecule has 0 aromatic rings. The van der Waals surface area contributed by atoms with Gasteiger partial charge in [-0.3, -0.25) is 0 Å². The van der Waals surface area contributed by atoms with E-state index in [1.54, 1.807) is 0 Å². The summed E-state index contributed by atoms with van der Waals surface area (Å²) < 4.78 is 0. The Bertz CT molecular complexity index is 369. The van der Waals surface area contributed by atoms with Crippen LogP contribution in [-0.4, -0.2) is 77.4 Å². The number of nitrogens with zero attached hydrogens (tertiary/aromatic N) is 2. The maximum Gasteiger partial charge on any atom is 0.326 e. The van der Waals surface area contributed by atoms with Gasteiger partial charge in [-0.05, 0) is 38.9 Å². The minimum Gasteiger partial charge on any atom is -0.480 e. The summed E-state index contributed by atoms with van der Waals surface area (Å²) in [6.07, 6.45) is 1.45. The lowest BCUT2D eigenvalue weighted by Crippen LogP contribution is -2.48. The third kappa shape index (κ3) is 3.61. The molecule has 3 N–H and O–H groups in total. The molecular weight excluding hydrogens is 262 g/mol. The second-order valence-electron chi connectivity index (χ2n) is 5.83. The minimum atomic E-state index is -1.06. The van der Waals surface area contributed by atoms with Gasteiger partial charge in [0.15, 0.2) is 0 Å².